The second kappa shape index (κ2) is 5.74. The van der Waals surface area contributed by atoms with Crippen LogP contribution < -0.4 is 0 Å². The fraction of sp³-hybridized carbons (Fsp3) is 0.500. The molecule has 102 valence electrons. The van der Waals surface area contributed by atoms with E-state index in [1.807, 2.05) is 0 Å². The molecule has 0 bridgehead atoms. The molecule has 0 radical (unpaired) electrons. The van der Waals surface area contributed by atoms with E-state index >= 15 is 0 Å². The summed E-state index contributed by atoms with van der Waals surface area (Å²) in [5, 5.41) is 0.837. The van der Waals surface area contributed by atoms with Crippen molar-refractivity contribution in [3.8, 4) is 0 Å². The van der Waals surface area contributed by atoms with E-state index in [0.29, 0.717) is 12.0 Å². The van der Waals surface area contributed by atoms with Gasteiger partial charge < -0.3 is 4.74 Å². The van der Waals surface area contributed by atoms with Gasteiger partial charge in [-0.3, -0.25) is 9.59 Å². The van der Waals surface area contributed by atoms with Gasteiger partial charge >= 0.3 is 5.97 Å². The van der Waals surface area contributed by atoms with E-state index in [0.717, 1.165) is 23.6 Å². The normalized spacial score (nSPS) is 15.9. The lowest BCUT2D eigenvalue weighted by atomic mass is 10.1. The number of hydrogen-bond donors (Lipinski definition) is 0. The molecule has 1 aliphatic carbocycles. The summed E-state index contributed by atoms with van der Waals surface area (Å²) in [7, 11) is 1.42. The van der Waals surface area contributed by atoms with Crippen LogP contribution >= 0.6 is 11.8 Å². The largest absolute Gasteiger partial charge is 0.469 e. The number of ether oxygens (including phenoxy) is 1. The highest BCUT2D eigenvalue weighted by atomic mass is 32.2. The third kappa shape index (κ3) is 3.80. The number of hydrogen-bond acceptors (Lipinski definition) is 5. The van der Waals surface area contributed by atoms with E-state index in [1.165, 1.54) is 7.11 Å². The molecule has 1 heterocycles. The Labute approximate surface area is 116 Å². The molecule has 0 spiro atoms. The van der Waals surface area contributed by atoms with E-state index < -0.39 is 0 Å². The molecule has 4 nitrogen and oxygen atoms in total. The molecule has 1 aromatic heterocycles. The van der Waals surface area contributed by atoms with Crippen molar-refractivity contribution in [1.29, 1.82) is 0 Å². The lowest BCUT2D eigenvalue weighted by molar-refractivity contribution is -0.141. The summed E-state index contributed by atoms with van der Waals surface area (Å²) >= 11 is 1.60. The molecule has 0 atom stereocenters. The van der Waals surface area contributed by atoms with Crippen molar-refractivity contribution in [3.63, 3.8) is 0 Å². The number of Topliss-reactive ketones (excluding diaryl/α,β-unsaturated/α-hetero) is 1. The third-order valence-corrected chi connectivity index (χ3v) is 4.65. The molecule has 1 saturated carbocycles. The maximum atomic E-state index is 11.3. The monoisotopic (exact) mass is 279 g/mol. The molecule has 1 aromatic rings. The van der Waals surface area contributed by atoms with E-state index in [2.05, 4.69) is 4.98 Å². The van der Waals surface area contributed by atoms with Gasteiger partial charge in [-0.25, -0.2) is 4.98 Å². The average molecular weight is 279 g/mol. The van der Waals surface area contributed by atoms with Crippen LogP contribution in [-0.4, -0.2) is 29.6 Å². The third-order valence-electron chi connectivity index (χ3n) is 3.37. The Balaban J connectivity index is 1.94. The van der Waals surface area contributed by atoms with Gasteiger partial charge in [-0.2, -0.15) is 0 Å². The topological polar surface area (TPSA) is 56.3 Å². The predicted octanol–water partition coefficient (Wildman–Crippen LogP) is 2.72. The van der Waals surface area contributed by atoms with Crippen molar-refractivity contribution in [1.82, 2.24) is 4.98 Å². The Bertz CT molecular complexity index is 497. The number of methoxy groups -OCH3 is 1. The molecule has 1 aliphatic rings. The SMILES string of the molecule is COC(=O)CC1(CSc2cc(C(C)=O)ccn2)CC1. The minimum atomic E-state index is -0.149. The van der Waals surface area contributed by atoms with Gasteiger partial charge in [0, 0.05) is 17.5 Å². The van der Waals surface area contributed by atoms with Crippen LogP contribution in [0.1, 0.15) is 36.5 Å². The second-order valence-corrected chi connectivity index (χ2v) is 5.98. The van der Waals surface area contributed by atoms with Crippen molar-refractivity contribution in [2.75, 3.05) is 12.9 Å². The second-order valence-electron chi connectivity index (χ2n) is 4.98. The number of carbonyl (C=O) groups excluding carboxylic acids is 2. The first kappa shape index (κ1) is 14.1. The van der Waals surface area contributed by atoms with Crippen LogP contribution in [0.4, 0.5) is 0 Å². The number of nitrogens with zero attached hydrogens (tertiary/aromatic N) is 1. The van der Waals surface area contributed by atoms with Crippen molar-refractivity contribution < 1.29 is 14.3 Å². The van der Waals surface area contributed by atoms with Crippen LogP contribution in [0, 0.1) is 5.41 Å². The molecule has 0 aliphatic heterocycles. The Kier molecular flexibility index (Phi) is 4.24. The number of ketones is 1. The zero-order chi connectivity index (χ0) is 13.9. The summed E-state index contributed by atoms with van der Waals surface area (Å²) in [4.78, 5) is 26.9. The molecular formula is C14H17NO3S. The molecule has 0 N–H and O–H groups in total. The van der Waals surface area contributed by atoms with Crippen molar-refractivity contribution in [2.24, 2.45) is 5.41 Å². The lowest BCUT2D eigenvalue weighted by Crippen LogP contribution is -2.13. The Morgan fingerprint density at radius 1 is 1.47 bits per heavy atom. The Morgan fingerprint density at radius 3 is 2.79 bits per heavy atom. The maximum absolute atomic E-state index is 11.3. The Hall–Kier alpha value is -1.36. The van der Waals surface area contributed by atoms with E-state index in [-0.39, 0.29) is 17.2 Å². The van der Waals surface area contributed by atoms with Crippen molar-refractivity contribution in [2.45, 2.75) is 31.2 Å². The fourth-order valence-electron chi connectivity index (χ4n) is 1.86. The predicted molar refractivity (Wildman–Crippen MR) is 73.3 cm³/mol. The van der Waals surface area contributed by atoms with Gasteiger partial charge in [0.1, 0.15) is 0 Å². The quantitative estimate of drug-likeness (QED) is 0.455. The van der Waals surface area contributed by atoms with Crippen LogP contribution in [0.2, 0.25) is 0 Å². The molecule has 2 rings (SSSR count). The average Bonchev–Trinajstić information content (AvgIpc) is 3.17. The smallest absolute Gasteiger partial charge is 0.306 e. The van der Waals surface area contributed by atoms with Gasteiger partial charge in [0.15, 0.2) is 5.78 Å². The summed E-state index contributed by atoms with van der Waals surface area (Å²) in [6, 6.07) is 3.52. The minimum absolute atomic E-state index is 0.0416. The molecule has 5 heteroatoms. The molecule has 1 fully saturated rings. The molecule has 0 unspecified atom stereocenters. The maximum Gasteiger partial charge on any atom is 0.306 e. The number of esters is 1. The van der Waals surface area contributed by atoms with Gasteiger partial charge in [0.05, 0.1) is 18.6 Å². The van der Waals surface area contributed by atoms with Gasteiger partial charge in [0.25, 0.3) is 0 Å². The first-order chi connectivity index (χ1) is 9.04. The summed E-state index contributed by atoms with van der Waals surface area (Å²) in [6.07, 6.45) is 4.24. The van der Waals surface area contributed by atoms with E-state index in [9.17, 15) is 9.59 Å². The number of aromatic nitrogens is 1. The number of rotatable bonds is 6. The van der Waals surface area contributed by atoms with Crippen molar-refractivity contribution >= 4 is 23.5 Å². The van der Waals surface area contributed by atoms with Gasteiger partial charge in [-0.05, 0) is 37.3 Å². The summed E-state index contributed by atoms with van der Waals surface area (Å²) in [5.41, 5.74) is 0.751. The van der Waals surface area contributed by atoms with Crippen LogP contribution in [0.3, 0.4) is 0 Å². The highest BCUT2D eigenvalue weighted by molar-refractivity contribution is 7.99. The summed E-state index contributed by atoms with van der Waals surface area (Å²) in [5.74, 6) is 0.736. The Morgan fingerprint density at radius 2 is 2.21 bits per heavy atom. The summed E-state index contributed by atoms with van der Waals surface area (Å²) < 4.78 is 4.72. The highest BCUT2D eigenvalue weighted by Crippen LogP contribution is 2.51. The highest BCUT2D eigenvalue weighted by Gasteiger charge is 2.44. The van der Waals surface area contributed by atoms with Crippen LogP contribution in [0.5, 0.6) is 0 Å². The van der Waals surface area contributed by atoms with Crippen LogP contribution in [0.15, 0.2) is 23.4 Å². The molecule has 0 aromatic carbocycles. The molecule has 0 saturated heterocycles. The summed E-state index contributed by atoms with van der Waals surface area (Å²) in [6.45, 7) is 1.55. The van der Waals surface area contributed by atoms with Gasteiger partial charge in [-0.1, -0.05) is 0 Å². The van der Waals surface area contributed by atoms with Crippen molar-refractivity contribution in [3.05, 3.63) is 23.9 Å². The van der Waals surface area contributed by atoms with E-state index in [4.69, 9.17) is 4.74 Å². The molecular weight excluding hydrogens is 262 g/mol. The molecule has 0 amide bonds. The van der Waals surface area contributed by atoms with Gasteiger partial charge in [0.2, 0.25) is 0 Å². The van der Waals surface area contributed by atoms with Gasteiger partial charge in [-0.15, -0.1) is 11.8 Å². The molecule has 19 heavy (non-hydrogen) atoms. The zero-order valence-corrected chi connectivity index (χ0v) is 12.0. The van der Waals surface area contributed by atoms with E-state index in [1.54, 1.807) is 37.0 Å². The standard InChI is InChI=1S/C14H17NO3S/c1-10(16)11-3-6-15-12(7-11)19-9-14(4-5-14)8-13(17)18-2/h3,6-7H,4-5,8-9H2,1-2H3. The first-order valence-electron chi connectivity index (χ1n) is 6.21. The fourth-order valence-corrected chi connectivity index (χ4v) is 3.05. The lowest BCUT2D eigenvalue weighted by Gasteiger charge is -2.12. The minimum Gasteiger partial charge on any atom is -0.469 e. The number of thioether (sulfide) groups is 1. The first-order valence-corrected chi connectivity index (χ1v) is 7.20. The van der Waals surface area contributed by atoms with Crippen LogP contribution in [0.25, 0.3) is 0 Å². The number of carbonyl (C=O) groups is 2. The number of pyridine rings is 1. The zero-order valence-electron chi connectivity index (χ0n) is 11.1. The van der Waals surface area contributed by atoms with Crippen LogP contribution in [-0.2, 0) is 9.53 Å².